The average Bonchev–Trinajstić information content (AvgIpc) is 3.38. The molecule has 1 aliphatic rings. The van der Waals surface area contributed by atoms with Crippen LogP contribution in [-0.4, -0.2) is 59.6 Å². The lowest BCUT2D eigenvalue weighted by Crippen LogP contribution is -2.31. The highest BCUT2D eigenvalue weighted by molar-refractivity contribution is 5.89. The Morgan fingerprint density at radius 3 is 2.71 bits per heavy atom. The predicted molar refractivity (Wildman–Crippen MR) is 119 cm³/mol. The van der Waals surface area contributed by atoms with Crippen molar-refractivity contribution in [1.82, 2.24) is 34.0 Å². The van der Waals surface area contributed by atoms with Crippen molar-refractivity contribution in [3.63, 3.8) is 0 Å². The van der Waals surface area contributed by atoms with Gasteiger partial charge in [0.1, 0.15) is 22.9 Å². The van der Waals surface area contributed by atoms with E-state index in [1.165, 1.54) is 0 Å². The van der Waals surface area contributed by atoms with Crippen LogP contribution >= 0.6 is 0 Å². The number of likely N-dealkylation sites (N-methyl/N-ethyl adjacent to an activating group) is 1. The second-order valence-corrected chi connectivity index (χ2v) is 8.25. The molecule has 10 heteroatoms. The van der Waals surface area contributed by atoms with Gasteiger partial charge >= 0.3 is 0 Å². The normalized spacial score (nSPS) is 16.9. The quantitative estimate of drug-likeness (QED) is 0.521. The van der Waals surface area contributed by atoms with Gasteiger partial charge in [0.25, 0.3) is 0 Å². The fourth-order valence-corrected chi connectivity index (χ4v) is 4.29. The Morgan fingerprint density at radius 1 is 1.19 bits per heavy atom. The average molecular weight is 419 g/mol. The SMILES string of the molecule is Cc1nc2ccc(-c3ccn4nc(N[C@@H]5CCN(C)C5=O)nc(N)c34)nc2n1C(C)C. The summed E-state index contributed by atoms with van der Waals surface area (Å²) in [6.07, 6.45) is 2.54. The van der Waals surface area contributed by atoms with E-state index >= 15 is 0 Å². The van der Waals surface area contributed by atoms with Crippen molar-refractivity contribution in [2.75, 3.05) is 24.6 Å². The van der Waals surface area contributed by atoms with Crippen LogP contribution in [0.1, 0.15) is 32.1 Å². The van der Waals surface area contributed by atoms with Crippen molar-refractivity contribution in [1.29, 1.82) is 0 Å². The van der Waals surface area contributed by atoms with Crippen LogP contribution in [0.25, 0.3) is 27.9 Å². The summed E-state index contributed by atoms with van der Waals surface area (Å²) < 4.78 is 3.80. The highest BCUT2D eigenvalue weighted by atomic mass is 16.2. The maximum absolute atomic E-state index is 12.2. The summed E-state index contributed by atoms with van der Waals surface area (Å²) >= 11 is 0. The highest BCUT2D eigenvalue weighted by Crippen LogP contribution is 2.30. The summed E-state index contributed by atoms with van der Waals surface area (Å²) in [7, 11) is 1.79. The fraction of sp³-hybridized carbons (Fsp3) is 0.381. The number of carbonyl (C=O) groups excluding carboxylic acids is 1. The molecule has 31 heavy (non-hydrogen) atoms. The molecule has 0 bridgehead atoms. The van der Waals surface area contributed by atoms with Crippen LogP contribution in [0.4, 0.5) is 11.8 Å². The number of nitrogen functional groups attached to an aromatic ring is 1. The van der Waals surface area contributed by atoms with E-state index in [1.54, 1.807) is 16.5 Å². The number of hydrogen-bond acceptors (Lipinski definition) is 7. The molecule has 1 aliphatic heterocycles. The molecule has 0 radical (unpaired) electrons. The number of carbonyl (C=O) groups is 1. The second kappa shape index (κ2) is 6.93. The Balaban J connectivity index is 1.56. The number of aromatic nitrogens is 6. The van der Waals surface area contributed by atoms with Gasteiger partial charge in [-0.15, -0.1) is 5.10 Å². The largest absolute Gasteiger partial charge is 0.382 e. The van der Waals surface area contributed by atoms with E-state index in [0.29, 0.717) is 30.2 Å². The van der Waals surface area contributed by atoms with E-state index in [9.17, 15) is 4.79 Å². The minimum absolute atomic E-state index is 0.0324. The number of rotatable bonds is 4. The zero-order valence-corrected chi connectivity index (χ0v) is 18.0. The molecule has 4 aromatic heterocycles. The van der Waals surface area contributed by atoms with Gasteiger partial charge in [0.2, 0.25) is 11.9 Å². The smallest absolute Gasteiger partial charge is 0.244 e. The standard InChI is InChI=1S/C21H25N9O/c1-11(2)30-12(3)23-15-6-5-14(24-19(15)30)13-7-10-29-17(13)18(22)26-21(27-29)25-16-8-9-28(4)20(16)31/h5-7,10-11,16H,8-9H2,1-4H3,(H3,22,25,26,27)/t16-/m1/s1. The minimum Gasteiger partial charge on any atom is -0.382 e. The predicted octanol–water partition coefficient (Wildman–Crippen LogP) is 2.26. The third kappa shape index (κ3) is 3.06. The summed E-state index contributed by atoms with van der Waals surface area (Å²) in [6, 6.07) is 5.75. The zero-order chi connectivity index (χ0) is 21.9. The molecule has 0 spiro atoms. The van der Waals surface area contributed by atoms with Gasteiger partial charge in [-0.2, -0.15) is 4.98 Å². The number of anilines is 2. The van der Waals surface area contributed by atoms with Crippen molar-refractivity contribution in [3.8, 4) is 11.3 Å². The summed E-state index contributed by atoms with van der Waals surface area (Å²) in [5, 5.41) is 7.62. The van der Waals surface area contributed by atoms with Crippen LogP contribution in [0.5, 0.6) is 0 Å². The third-order valence-electron chi connectivity index (χ3n) is 5.77. The van der Waals surface area contributed by atoms with Gasteiger partial charge in [0.05, 0.1) is 5.69 Å². The van der Waals surface area contributed by atoms with E-state index in [0.717, 1.165) is 28.2 Å². The Hall–Kier alpha value is -3.69. The van der Waals surface area contributed by atoms with Crippen LogP contribution in [0.3, 0.4) is 0 Å². The molecule has 160 valence electrons. The van der Waals surface area contributed by atoms with Crippen molar-refractivity contribution in [3.05, 3.63) is 30.2 Å². The van der Waals surface area contributed by atoms with Gasteiger partial charge in [0.15, 0.2) is 11.5 Å². The number of pyridine rings is 1. The molecule has 5 heterocycles. The van der Waals surface area contributed by atoms with Gasteiger partial charge < -0.3 is 20.5 Å². The topological polar surface area (TPSA) is 119 Å². The van der Waals surface area contributed by atoms with Crippen molar-refractivity contribution >= 4 is 34.4 Å². The molecule has 3 N–H and O–H groups in total. The Bertz CT molecular complexity index is 1320. The van der Waals surface area contributed by atoms with Crippen molar-refractivity contribution in [2.45, 2.75) is 39.3 Å². The number of likely N-dealkylation sites (tertiary alicyclic amines) is 1. The summed E-state index contributed by atoms with van der Waals surface area (Å²) in [5.41, 5.74) is 10.3. The molecule has 1 fully saturated rings. The minimum atomic E-state index is -0.333. The molecule has 4 aromatic rings. The number of amides is 1. The molecule has 1 saturated heterocycles. The Morgan fingerprint density at radius 2 is 2.00 bits per heavy atom. The first-order chi connectivity index (χ1) is 14.8. The molecular weight excluding hydrogens is 394 g/mol. The third-order valence-corrected chi connectivity index (χ3v) is 5.77. The van der Waals surface area contributed by atoms with Crippen LogP contribution in [0, 0.1) is 6.92 Å². The van der Waals surface area contributed by atoms with Gasteiger partial charge in [-0.3, -0.25) is 4.79 Å². The van der Waals surface area contributed by atoms with Gasteiger partial charge in [0, 0.05) is 31.4 Å². The fourth-order valence-electron chi connectivity index (χ4n) is 4.29. The van der Waals surface area contributed by atoms with Gasteiger partial charge in [-0.1, -0.05) is 0 Å². The number of imidazole rings is 1. The maximum atomic E-state index is 12.2. The summed E-state index contributed by atoms with van der Waals surface area (Å²) in [5.74, 6) is 1.62. The molecule has 0 unspecified atom stereocenters. The monoisotopic (exact) mass is 419 g/mol. The summed E-state index contributed by atoms with van der Waals surface area (Å²) in [4.78, 5) is 27.8. The first-order valence-corrected chi connectivity index (χ1v) is 10.4. The lowest BCUT2D eigenvalue weighted by atomic mass is 10.2. The van der Waals surface area contributed by atoms with E-state index in [1.807, 2.05) is 31.3 Å². The van der Waals surface area contributed by atoms with E-state index in [2.05, 4.69) is 38.8 Å². The number of hydrogen-bond donors (Lipinski definition) is 2. The number of aryl methyl sites for hydroxylation is 1. The van der Waals surface area contributed by atoms with E-state index < -0.39 is 0 Å². The Kier molecular flexibility index (Phi) is 4.31. The van der Waals surface area contributed by atoms with Crippen LogP contribution in [-0.2, 0) is 4.79 Å². The van der Waals surface area contributed by atoms with Gasteiger partial charge in [-0.05, 0) is 45.4 Å². The molecule has 0 aliphatic carbocycles. The molecule has 0 aromatic carbocycles. The summed E-state index contributed by atoms with van der Waals surface area (Å²) in [6.45, 7) is 6.93. The Labute approximate surface area is 179 Å². The molecular formula is C21H25N9O. The first-order valence-electron chi connectivity index (χ1n) is 10.4. The van der Waals surface area contributed by atoms with Gasteiger partial charge in [-0.25, -0.2) is 14.5 Å². The number of fused-ring (bicyclic) bond motifs is 2. The van der Waals surface area contributed by atoms with Crippen LogP contribution in [0.2, 0.25) is 0 Å². The zero-order valence-electron chi connectivity index (χ0n) is 18.0. The lowest BCUT2D eigenvalue weighted by Gasteiger charge is -2.13. The van der Waals surface area contributed by atoms with Crippen LogP contribution in [0.15, 0.2) is 24.4 Å². The highest BCUT2D eigenvalue weighted by Gasteiger charge is 2.29. The second-order valence-electron chi connectivity index (χ2n) is 8.25. The van der Waals surface area contributed by atoms with E-state index in [-0.39, 0.29) is 18.0 Å². The molecule has 10 nitrogen and oxygen atoms in total. The molecule has 5 rings (SSSR count). The number of nitrogens with one attached hydrogen (secondary N) is 1. The molecule has 1 amide bonds. The maximum Gasteiger partial charge on any atom is 0.244 e. The molecule has 1 atom stereocenters. The number of nitrogens with two attached hydrogens (primary N) is 1. The first kappa shape index (κ1) is 19.3. The molecule has 0 saturated carbocycles. The number of nitrogens with zero attached hydrogens (tertiary/aromatic N) is 7. The van der Waals surface area contributed by atoms with Crippen molar-refractivity contribution in [2.24, 2.45) is 0 Å². The lowest BCUT2D eigenvalue weighted by molar-refractivity contribution is -0.127. The van der Waals surface area contributed by atoms with Crippen LogP contribution < -0.4 is 11.1 Å². The van der Waals surface area contributed by atoms with E-state index in [4.69, 9.17) is 10.7 Å². The van der Waals surface area contributed by atoms with Crippen molar-refractivity contribution < 1.29 is 4.79 Å².